The maximum absolute atomic E-state index is 11.5. The molecule has 0 spiro atoms. The lowest BCUT2D eigenvalue weighted by Gasteiger charge is -2.18. The van der Waals surface area contributed by atoms with Crippen LogP contribution in [0.25, 0.3) is 0 Å². The largest absolute Gasteiger partial charge is 0.465 e. The maximum Gasteiger partial charge on any atom is 0.316 e. The van der Waals surface area contributed by atoms with Crippen LogP contribution in [-0.4, -0.2) is 24.1 Å². The van der Waals surface area contributed by atoms with Crippen LogP contribution in [0, 0.1) is 5.92 Å². The molecule has 1 unspecified atom stereocenters. The minimum atomic E-state index is -0.550. The summed E-state index contributed by atoms with van der Waals surface area (Å²) in [7, 11) is 0. The van der Waals surface area contributed by atoms with E-state index in [9.17, 15) is 14.4 Å². The van der Waals surface area contributed by atoms with Crippen molar-refractivity contribution in [1.29, 1.82) is 0 Å². The number of hydrogen-bond donors (Lipinski definition) is 0. The Bertz CT molecular complexity index is 283. The zero-order valence-electron chi connectivity index (χ0n) is 9.66. The summed E-state index contributed by atoms with van der Waals surface area (Å²) in [5.74, 6) is -0.869. The minimum absolute atomic E-state index is 0.00261. The number of hydrogen-bond acceptors (Lipinski definition) is 4. The van der Waals surface area contributed by atoms with E-state index in [4.69, 9.17) is 4.74 Å². The van der Waals surface area contributed by atoms with Gasteiger partial charge in [-0.15, -0.1) is 0 Å². The molecule has 0 bridgehead atoms. The van der Waals surface area contributed by atoms with Crippen LogP contribution < -0.4 is 0 Å². The zero-order chi connectivity index (χ0) is 12.0. The van der Waals surface area contributed by atoms with Gasteiger partial charge in [0.2, 0.25) is 0 Å². The Hall–Kier alpha value is -1.19. The van der Waals surface area contributed by atoms with Crippen LogP contribution in [0.2, 0.25) is 0 Å². The van der Waals surface area contributed by atoms with Crippen molar-refractivity contribution in [2.45, 2.75) is 45.4 Å². The van der Waals surface area contributed by atoms with Crippen LogP contribution in [0.4, 0.5) is 0 Å². The molecule has 1 atom stereocenters. The van der Waals surface area contributed by atoms with Crippen molar-refractivity contribution in [3.63, 3.8) is 0 Å². The average Bonchev–Trinajstić information content (AvgIpc) is 2.24. The van der Waals surface area contributed by atoms with Gasteiger partial charge in [-0.05, 0) is 26.2 Å². The summed E-state index contributed by atoms with van der Waals surface area (Å²) in [5.41, 5.74) is 0. The Balaban J connectivity index is 2.23. The van der Waals surface area contributed by atoms with Gasteiger partial charge in [0.1, 0.15) is 17.5 Å². The molecule has 0 radical (unpaired) electrons. The highest BCUT2D eigenvalue weighted by Crippen LogP contribution is 2.21. The molecule has 0 aromatic rings. The molecule has 0 aliphatic heterocycles. The number of rotatable bonds is 5. The van der Waals surface area contributed by atoms with Crippen LogP contribution in [-0.2, 0) is 19.1 Å². The van der Waals surface area contributed by atoms with Gasteiger partial charge in [0.15, 0.2) is 0 Å². The average molecular weight is 226 g/mol. The molecule has 1 saturated carbocycles. The van der Waals surface area contributed by atoms with Crippen LogP contribution in [0.3, 0.4) is 0 Å². The quantitative estimate of drug-likeness (QED) is 0.406. The first-order valence-electron chi connectivity index (χ1n) is 5.80. The molecule has 16 heavy (non-hydrogen) atoms. The summed E-state index contributed by atoms with van der Waals surface area (Å²) in [4.78, 5) is 33.6. The van der Waals surface area contributed by atoms with Crippen molar-refractivity contribution >= 4 is 17.5 Å². The number of carbonyl (C=O) groups excluding carboxylic acids is 3. The van der Waals surface area contributed by atoms with Crippen LogP contribution in [0.5, 0.6) is 0 Å². The highest BCUT2D eigenvalue weighted by molar-refractivity contribution is 5.99. The lowest BCUT2D eigenvalue weighted by Crippen LogP contribution is -2.29. The molecular weight excluding hydrogens is 208 g/mol. The number of carbonyl (C=O) groups is 3. The molecule has 1 aliphatic carbocycles. The molecule has 90 valence electrons. The summed E-state index contributed by atoms with van der Waals surface area (Å²) in [6.45, 7) is 1.74. The third-order valence-electron chi connectivity index (χ3n) is 2.76. The predicted octanol–water partition coefficient (Wildman–Crippen LogP) is 1.66. The van der Waals surface area contributed by atoms with Crippen LogP contribution in [0.15, 0.2) is 0 Å². The topological polar surface area (TPSA) is 60.4 Å². The van der Waals surface area contributed by atoms with Crippen molar-refractivity contribution in [2.24, 2.45) is 5.92 Å². The Morgan fingerprint density at radius 2 is 2.12 bits per heavy atom. The second-order valence-corrected chi connectivity index (χ2v) is 4.24. The fraction of sp³-hybridized carbons (Fsp3) is 0.750. The molecule has 4 heteroatoms. The van der Waals surface area contributed by atoms with Gasteiger partial charge >= 0.3 is 5.97 Å². The van der Waals surface area contributed by atoms with Crippen molar-refractivity contribution in [3.05, 3.63) is 0 Å². The third kappa shape index (κ3) is 4.13. The molecular formula is C12H18O4. The van der Waals surface area contributed by atoms with Crippen LogP contribution >= 0.6 is 0 Å². The third-order valence-corrected chi connectivity index (χ3v) is 2.76. The molecule has 0 aromatic heterocycles. The summed E-state index contributed by atoms with van der Waals surface area (Å²) in [6, 6.07) is 0. The lowest BCUT2D eigenvalue weighted by atomic mass is 9.88. The number of Topliss-reactive ketones (excluding diaryl/α,β-unsaturated/α-hetero) is 2. The summed E-state index contributed by atoms with van der Waals surface area (Å²) >= 11 is 0. The highest BCUT2D eigenvalue weighted by atomic mass is 16.5. The first-order valence-corrected chi connectivity index (χ1v) is 5.80. The molecule has 4 nitrogen and oxygen atoms in total. The molecule has 0 aromatic carbocycles. The molecule has 1 fully saturated rings. The van der Waals surface area contributed by atoms with Crippen LogP contribution in [0.1, 0.15) is 45.4 Å². The maximum atomic E-state index is 11.5. The van der Waals surface area contributed by atoms with E-state index >= 15 is 0 Å². The van der Waals surface area contributed by atoms with E-state index in [0.29, 0.717) is 25.7 Å². The summed E-state index contributed by atoms with van der Waals surface area (Å²) in [6.07, 6.45) is 3.87. The molecule has 0 heterocycles. The monoisotopic (exact) mass is 226 g/mol. The summed E-state index contributed by atoms with van der Waals surface area (Å²) in [5, 5.41) is 0. The SMILES string of the molecule is CC(=O)CCCOC(=O)C1CCCCC1=O. The van der Waals surface area contributed by atoms with Gasteiger partial charge in [0.25, 0.3) is 0 Å². The van der Waals surface area contributed by atoms with E-state index in [2.05, 4.69) is 0 Å². The van der Waals surface area contributed by atoms with Crippen molar-refractivity contribution in [3.8, 4) is 0 Å². The molecule has 1 rings (SSSR count). The highest BCUT2D eigenvalue weighted by Gasteiger charge is 2.29. The van der Waals surface area contributed by atoms with E-state index < -0.39 is 11.9 Å². The van der Waals surface area contributed by atoms with E-state index in [1.54, 1.807) is 0 Å². The van der Waals surface area contributed by atoms with Gasteiger partial charge in [-0.3, -0.25) is 9.59 Å². The smallest absolute Gasteiger partial charge is 0.316 e. The van der Waals surface area contributed by atoms with Gasteiger partial charge in [-0.25, -0.2) is 0 Å². The lowest BCUT2D eigenvalue weighted by molar-refractivity contribution is -0.153. The molecule has 1 aliphatic rings. The second-order valence-electron chi connectivity index (χ2n) is 4.24. The zero-order valence-corrected chi connectivity index (χ0v) is 9.66. The standard InChI is InChI=1S/C12H18O4/c1-9(13)5-4-8-16-12(15)10-6-2-3-7-11(10)14/h10H,2-8H2,1H3. The molecule has 0 saturated heterocycles. The number of ketones is 2. The fourth-order valence-electron chi connectivity index (χ4n) is 1.83. The van der Waals surface area contributed by atoms with Gasteiger partial charge in [0, 0.05) is 12.8 Å². The molecule has 0 amide bonds. The van der Waals surface area contributed by atoms with Gasteiger partial charge < -0.3 is 9.53 Å². The van der Waals surface area contributed by atoms with E-state index in [1.807, 2.05) is 0 Å². The van der Waals surface area contributed by atoms with Crippen molar-refractivity contribution in [1.82, 2.24) is 0 Å². The number of esters is 1. The normalized spacial score (nSPS) is 20.6. The molecule has 0 N–H and O–H groups in total. The second kappa shape index (κ2) is 6.40. The van der Waals surface area contributed by atoms with Gasteiger partial charge in [-0.1, -0.05) is 6.42 Å². The van der Waals surface area contributed by atoms with Gasteiger partial charge in [0.05, 0.1) is 6.61 Å². The Morgan fingerprint density at radius 1 is 1.38 bits per heavy atom. The first-order chi connectivity index (χ1) is 7.61. The van der Waals surface area contributed by atoms with Crippen molar-refractivity contribution in [2.75, 3.05) is 6.61 Å². The fourth-order valence-corrected chi connectivity index (χ4v) is 1.83. The Kier molecular flexibility index (Phi) is 5.15. The Morgan fingerprint density at radius 3 is 2.75 bits per heavy atom. The summed E-state index contributed by atoms with van der Waals surface area (Å²) < 4.78 is 4.99. The Labute approximate surface area is 95.3 Å². The van der Waals surface area contributed by atoms with Gasteiger partial charge in [-0.2, -0.15) is 0 Å². The number of ether oxygens (including phenoxy) is 1. The first kappa shape index (κ1) is 12.9. The van der Waals surface area contributed by atoms with Crippen molar-refractivity contribution < 1.29 is 19.1 Å². The van der Waals surface area contributed by atoms with E-state index in [1.165, 1.54) is 6.92 Å². The van der Waals surface area contributed by atoms with E-state index in [0.717, 1.165) is 12.8 Å². The minimum Gasteiger partial charge on any atom is -0.465 e. The predicted molar refractivity (Wildman–Crippen MR) is 57.8 cm³/mol. The van der Waals surface area contributed by atoms with E-state index in [-0.39, 0.29) is 18.2 Å².